The number of carbonyl (C=O) groups is 1. The van der Waals surface area contributed by atoms with Crippen LogP contribution < -0.4 is 14.7 Å². The number of para-hydroxylation sites is 1. The number of fused-ring (bicyclic) bond motifs is 2. The lowest BCUT2D eigenvalue weighted by Gasteiger charge is -2.41. The molecule has 0 atom stereocenters. The first-order valence-electron chi connectivity index (χ1n) is 10.1. The summed E-state index contributed by atoms with van der Waals surface area (Å²) < 4.78 is 0. The van der Waals surface area contributed by atoms with Crippen LogP contribution in [0.4, 0.5) is 17.1 Å². The molecule has 2 heterocycles. The van der Waals surface area contributed by atoms with E-state index in [1.807, 2.05) is 30.1 Å². The zero-order chi connectivity index (χ0) is 20.2. The highest BCUT2D eigenvalue weighted by Gasteiger charge is 2.61. The highest BCUT2D eigenvalue weighted by Crippen LogP contribution is 2.51. The molecule has 3 aromatic carbocycles. The minimum atomic E-state index is -0.865. The van der Waals surface area contributed by atoms with Crippen LogP contribution >= 0.6 is 0 Å². The Morgan fingerprint density at radius 3 is 1.72 bits per heavy atom. The van der Waals surface area contributed by atoms with E-state index in [2.05, 4.69) is 78.2 Å². The molecule has 0 radical (unpaired) electrons. The van der Waals surface area contributed by atoms with Crippen molar-refractivity contribution in [1.82, 2.24) is 0 Å². The molecule has 5 rings (SSSR count). The van der Waals surface area contributed by atoms with Gasteiger partial charge >= 0.3 is 0 Å². The summed E-state index contributed by atoms with van der Waals surface area (Å²) in [5.74, 6) is 0.0948. The highest BCUT2D eigenvalue weighted by molar-refractivity contribution is 6.11. The molecule has 4 nitrogen and oxygen atoms in total. The molecule has 1 amide bonds. The van der Waals surface area contributed by atoms with Gasteiger partial charge in [-0.05, 0) is 44.2 Å². The van der Waals surface area contributed by atoms with Gasteiger partial charge in [-0.3, -0.25) is 4.79 Å². The summed E-state index contributed by atoms with van der Waals surface area (Å²) in [5.41, 5.74) is 5.74. The Hall–Kier alpha value is -3.27. The van der Waals surface area contributed by atoms with E-state index in [1.54, 1.807) is 0 Å². The number of benzene rings is 3. The van der Waals surface area contributed by atoms with Crippen molar-refractivity contribution in [1.29, 1.82) is 0 Å². The fourth-order valence-electron chi connectivity index (χ4n) is 4.79. The van der Waals surface area contributed by atoms with Gasteiger partial charge in [-0.1, -0.05) is 53.6 Å². The summed E-state index contributed by atoms with van der Waals surface area (Å²) in [6.45, 7) is 5.74. The maximum absolute atomic E-state index is 13.9. The van der Waals surface area contributed by atoms with Gasteiger partial charge in [0.25, 0.3) is 5.91 Å². The van der Waals surface area contributed by atoms with Crippen molar-refractivity contribution in [3.05, 3.63) is 89.5 Å². The highest BCUT2D eigenvalue weighted by atomic mass is 16.2. The molecule has 4 heteroatoms. The van der Waals surface area contributed by atoms with Crippen LogP contribution in [-0.4, -0.2) is 26.0 Å². The third kappa shape index (κ3) is 2.42. The average Bonchev–Trinajstić information content (AvgIpc) is 3.23. The Balaban J connectivity index is 1.75. The fraction of sp³-hybridized carbons (Fsp3) is 0.240. The third-order valence-electron chi connectivity index (χ3n) is 6.26. The molecule has 3 aromatic rings. The lowest BCUT2D eigenvalue weighted by Crippen LogP contribution is -2.57. The van der Waals surface area contributed by atoms with Crippen LogP contribution in [0.1, 0.15) is 16.7 Å². The van der Waals surface area contributed by atoms with Crippen molar-refractivity contribution in [2.75, 3.05) is 34.8 Å². The number of carbonyl (C=O) groups excluding carboxylic acids is 1. The number of nitrogens with zero attached hydrogens (tertiary/aromatic N) is 3. The molecule has 1 fully saturated rings. The molecule has 0 unspecified atom stereocenters. The Labute approximate surface area is 172 Å². The van der Waals surface area contributed by atoms with Crippen molar-refractivity contribution in [3.8, 4) is 0 Å². The minimum Gasteiger partial charge on any atom is -0.335 e. The van der Waals surface area contributed by atoms with E-state index in [4.69, 9.17) is 0 Å². The Morgan fingerprint density at radius 2 is 1.21 bits per heavy atom. The summed E-state index contributed by atoms with van der Waals surface area (Å²) in [4.78, 5) is 20.3. The largest absolute Gasteiger partial charge is 0.335 e. The fourth-order valence-corrected chi connectivity index (χ4v) is 4.79. The Kier molecular flexibility index (Phi) is 3.91. The number of hydrogen-bond donors (Lipinski definition) is 0. The summed E-state index contributed by atoms with van der Waals surface area (Å²) in [6, 6.07) is 25.2. The van der Waals surface area contributed by atoms with Crippen LogP contribution in [0.15, 0.2) is 72.8 Å². The van der Waals surface area contributed by atoms with Gasteiger partial charge in [0.05, 0.1) is 5.69 Å². The van der Waals surface area contributed by atoms with Gasteiger partial charge in [0.15, 0.2) is 0 Å². The van der Waals surface area contributed by atoms with Crippen LogP contribution in [0.5, 0.6) is 0 Å². The Morgan fingerprint density at radius 1 is 0.724 bits per heavy atom. The molecule has 1 saturated heterocycles. The summed E-state index contributed by atoms with van der Waals surface area (Å²) in [7, 11) is 1.88. The quantitative estimate of drug-likeness (QED) is 0.654. The summed E-state index contributed by atoms with van der Waals surface area (Å²) in [6.07, 6.45) is 0. The van der Waals surface area contributed by atoms with E-state index in [0.717, 1.165) is 35.7 Å². The monoisotopic (exact) mass is 383 g/mol. The van der Waals surface area contributed by atoms with Crippen LogP contribution in [0, 0.1) is 13.8 Å². The van der Waals surface area contributed by atoms with Crippen molar-refractivity contribution in [2.24, 2.45) is 0 Å². The van der Waals surface area contributed by atoms with Gasteiger partial charge < -0.3 is 14.7 Å². The minimum absolute atomic E-state index is 0.0948. The number of aryl methyl sites for hydroxylation is 2. The Bertz CT molecular complexity index is 1020. The zero-order valence-electron chi connectivity index (χ0n) is 17.1. The second-order valence-corrected chi connectivity index (χ2v) is 8.03. The molecular weight excluding hydrogens is 358 g/mol. The molecule has 146 valence electrons. The average molecular weight is 383 g/mol. The predicted molar refractivity (Wildman–Crippen MR) is 119 cm³/mol. The topological polar surface area (TPSA) is 26.8 Å². The number of likely N-dealkylation sites (N-methyl/N-ethyl adjacent to an activating group) is 1. The van der Waals surface area contributed by atoms with Gasteiger partial charge in [0, 0.05) is 37.1 Å². The van der Waals surface area contributed by atoms with Crippen LogP contribution in [0.2, 0.25) is 0 Å². The number of hydrogen-bond acceptors (Lipinski definition) is 3. The SMILES string of the molecule is Cc1ccc(N2CCN(c3ccc(C)cc3)C23C(=O)N(C)c2ccccc23)cc1. The smallest absolute Gasteiger partial charge is 0.278 e. The number of amides is 1. The molecule has 1 spiro atoms. The zero-order valence-corrected chi connectivity index (χ0v) is 17.1. The van der Waals surface area contributed by atoms with Gasteiger partial charge in [-0.2, -0.15) is 0 Å². The lowest BCUT2D eigenvalue weighted by molar-refractivity contribution is -0.122. The van der Waals surface area contributed by atoms with Gasteiger partial charge in [-0.25, -0.2) is 0 Å². The van der Waals surface area contributed by atoms with Crippen LogP contribution in [0.3, 0.4) is 0 Å². The molecule has 0 aliphatic carbocycles. The molecular formula is C25H25N3O. The molecule has 2 aliphatic rings. The van der Waals surface area contributed by atoms with Crippen molar-refractivity contribution >= 4 is 23.0 Å². The van der Waals surface area contributed by atoms with Crippen LogP contribution in [0.25, 0.3) is 0 Å². The van der Waals surface area contributed by atoms with E-state index in [9.17, 15) is 4.79 Å². The van der Waals surface area contributed by atoms with E-state index in [1.165, 1.54) is 11.1 Å². The maximum Gasteiger partial charge on any atom is 0.278 e. The lowest BCUT2D eigenvalue weighted by atomic mass is 9.96. The van der Waals surface area contributed by atoms with Gasteiger partial charge in [0.2, 0.25) is 5.66 Å². The van der Waals surface area contributed by atoms with E-state index in [0.29, 0.717) is 0 Å². The third-order valence-corrected chi connectivity index (χ3v) is 6.26. The maximum atomic E-state index is 13.9. The number of rotatable bonds is 2. The second kappa shape index (κ2) is 6.38. The van der Waals surface area contributed by atoms with E-state index < -0.39 is 5.66 Å². The van der Waals surface area contributed by atoms with Crippen molar-refractivity contribution in [3.63, 3.8) is 0 Å². The first kappa shape index (κ1) is 17.8. The van der Waals surface area contributed by atoms with Crippen LogP contribution in [-0.2, 0) is 10.5 Å². The first-order valence-corrected chi connectivity index (χ1v) is 10.1. The molecule has 0 saturated carbocycles. The summed E-state index contributed by atoms with van der Waals surface area (Å²) in [5, 5.41) is 0. The standard InChI is InChI=1S/C25H25N3O/c1-18-8-12-20(13-9-18)27-16-17-28(21-14-10-19(2)11-15-21)25(27)22-6-4-5-7-23(22)26(3)24(25)29/h4-15H,16-17H2,1-3H3. The summed E-state index contributed by atoms with van der Waals surface area (Å²) >= 11 is 0. The van der Waals surface area contributed by atoms with Gasteiger partial charge in [-0.15, -0.1) is 0 Å². The van der Waals surface area contributed by atoms with Crippen molar-refractivity contribution in [2.45, 2.75) is 19.5 Å². The van der Waals surface area contributed by atoms with E-state index >= 15 is 0 Å². The predicted octanol–water partition coefficient (Wildman–Crippen LogP) is 4.46. The normalized spacial score (nSPS) is 17.3. The van der Waals surface area contributed by atoms with E-state index in [-0.39, 0.29) is 5.91 Å². The molecule has 2 aliphatic heterocycles. The number of anilines is 3. The second-order valence-electron chi connectivity index (χ2n) is 8.03. The molecule has 0 N–H and O–H groups in total. The van der Waals surface area contributed by atoms with Gasteiger partial charge in [0.1, 0.15) is 0 Å². The molecule has 0 bridgehead atoms. The molecule has 29 heavy (non-hydrogen) atoms. The first-order chi connectivity index (χ1) is 14.0. The van der Waals surface area contributed by atoms with Crippen molar-refractivity contribution < 1.29 is 4.79 Å². The molecule has 0 aromatic heterocycles.